The third kappa shape index (κ3) is 2.46. The van der Waals surface area contributed by atoms with Gasteiger partial charge in [0, 0.05) is 5.56 Å². The van der Waals surface area contributed by atoms with Crippen molar-refractivity contribution in [2.24, 2.45) is 0 Å². The molecule has 0 spiro atoms. The second kappa shape index (κ2) is 5.16. The van der Waals surface area contributed by atoms with Crippen LogP contribution in [0.25, 0.3) is 22.5 Å². The van der Waals surface area contributed by atoms with E-state index in [1.807, 2.05) is 48.5 Å². The molecule has 1 aromatic heterocycles. The molecule has 0 aliphatic carbocycles. The summed E-state index contributed by atoms with van der Waals surface area (Å²) >= 11 is 6.31. The first-order valence-corrected chi connectivity index (χ1v) is 6.20. The van der Waals surface area contributed by atoms with Crippen LogP contribution in [0.5, 0.6) is 0 Å². The van der Waals surface area contributed by atoms with Crippen LogP contribution in [0.4, 0.5) is 0 Å². The molecule has 3 aromatic rings. The van der Waals surface area contributed by atoms with Crippen molar-refractivity contribution in [2.45, 2.75) is 0 Å². The quantitative estimate of drug-likeness (QED) is 0.708. The van der Waals surface area contributed by atoms with Crippen LogP contribution in [0.2, 0.25) is 5.02 Å². The second-order valence-electron chi connectivity index (χ2n) is 4.02. The molecule has 0 atom stereocenters. The van der Waals surface area contributed by atoms with Crippen molar-refractivity contribution in [3.8, 4) is 22.5 Å². The zero-order valence-corrected chi connectivity index (χ0v) is 10.7. The number of benzene rings is 2. The molecule has 0 radical (unpaired) electrons. The average Bonchev–Trinajstić information content (AvgIpc) is 2.49. The fraction of sp³-hybridized carbons (Fsp3) is 0. The zero-order chi connectivity index (χ0) is 13.1. The van der Waals surface area contributed by atoms with Crippen molar-refractivity contribution in [2.75, 3.05) is 0 Å². The van der Waals surface area contributed by atoms with E-state index in [4.69, 9.17) is 11.6 Å². The molecule has 92 valence electrons. The van der Waals surface area contributed by atoms with Crippen LogP contribution in [0.1, 0.15) is 0 Å². The fourth-order valence-corrected chi connectivity index (χ4v) is 2.15. The molecule has 2 aromatic carbocycles. The summed E-state index contributed by atoms with van der Waals surface area (Å²) in [6.07, 6.45) is 2.92. The fourth-order valence-electron chi connectivity index (χ4n) is 1.88. The number of nitrogens with zero attached hydrogens (tertiary/aromatic N) is 3. The van der Waals surface area contributed by atoms with Gasteiger partial charge in [-0.15, -0.1) is 0 Å². The Bertz CT molecular complexity index is 684. The Morgan fingerprint density at radius 2 is 1.53 bits per heavy atom. The molecule has 3 rings (SSSR count). The van der Waals surface area contributed by atoms with Gasteiger partial charge in [-0.1, -0.05) is 48.0 Å². The van der Waals surface area contributed by atoms with E-state index in [1.54, 1.807) is 0 Å². The van der Waals surface area contributed by atoms with Gasteiger partial charge in [0.05, 0.1) is 5.02 Å². The molecule has 0 unspecified atom stereocenters. The van der Waals surface area contributed by atoms with Crippen LogP contribution >= 0.6 is 11.6 Å². The van der Waals surface area contributed by atoms with Crippen LogP contribution in [0.3, 0.4) is 0 Å². The molecular weight excluding hydrogens is 258 g/mol. The molecule has 0 N–H and O–H groups in total. The number of hydrogen-bond donors (Lipinski definition) is 0. The Hall–Kier alpha value is -2.26. The minimum absolute atomic E-state index is 0.583. The molecular formula is C15H10ClN3. The monoisotopic (exact) mass is 267 g/mol. The Balaban J connectivity index is 2.04. The standard InChI is InChI=1S/C15H10ClN3/c16-14-8-12(11-4-2-1-3-5-11)6-7-13(14)15-18-9-17-10-19-15/h1-10H. The first-order chi connectivity index (χ1) is 9.34. The van der Waals surface area contributed by atoms with Crippen molar-refractivity contribution >= 4 is 11.6 Å². The molecule has 0 saturated carbocycles. The SMILES string of the molecule is Clc1cc(-c2ccccc2)ccc1-c1ncncn1. The third-order valence-corrected chi connectivity index (χ3v) is 3.12. The van der Waals surface area contributed by atoms with Crippen LogP contribution in [0, 0.1) is 0 Å². The van der Waals surface area contributed by atoms with Crippen molar-refractivity contribution in [1.82, 2.24) is 15.0 Å². The Kier molecular flexibility index (Phi) is 3.21. The molecule has 4 heteroatoms. The van der Waals surface area contributed by atoms with Gasteiger partial charge in [0.15, 0.2) is 5.82 Å². The van der Waals surface area contributed by atoms with Gasteiger partial charge in [-0.2, -0.15) is 0 Å². The summed E-state index contributed by atoms with van der Waals surface area (Å²) in [5, 5.41) is 0.632. The smallest absolute Gasteiger partial charge is 0.164 e. The van der Waals surface area contributed by atoms with Crippen LogP contribution in [-0.2, 0) is 0 Å². The van der Waals surface area contributed by atoms with Gasteiger partial charge >= 0.3 is 0 Å². The van der Waals surface area contributed by atoms with E-state index in [2.05, 4.69) is 15.0 Å². The number of halogens is 1. The Labute approximate surface area is 116 Å². The lowest BCUT2D eigenvalue weighted by Gasteiger charge is -2.06. The van der Waals surface area contributed by atoms with Crippen molar-refractivity contribution in [1.29, 1.82) is 0 Å². The molecule has 0 aliphatic heterocycles. The Morgan fingerprint density at radius 3 is 2.21 bits per heavy atom. The highest BCUT2D eigenvalue weighted by Gasteiger charge is 2.07. The molecule has 0 saturated heterocycles. The number of aromatic nitrogens is 3. The van der Waals surface area contributed by atoms with E-state index in [-0.39, 0.29) is 0 Å². The van der Waals surface area contributed by atoms with E-state index >= 15 is 0 Å². The predicted octanol–water partition coefficient (Wildman–Crippen LogP) is 3.86. The summed E-state index contributed by atoms with van der Waals surface area (Å²) in [7, 11) is 0. The van der Waals surface area contributed by atoms with Gasteiger partial charge in [0.25, 0.3) is 0 Å². The molecule has 1 heterocycles. The van der Waals surface area contributed by atoms with Gasteiger partial charge in [-0.05, 0) is 23.3 Å². The lowest BCUT2D eigenvalue weighted by atomic mass is 10.0. The normalized spacial score (nSPS) is 10.4. The van der Waals surface area contributed by atoms with E-state index < -0.39 is 0 Å². The largest absolute Gasteiger partial charge is 0.225 e. The van der Waals surface area contributed by atoms with Crippen LogP contribution in [0.15, 0.2) is 61.2 Å². The predicted molar refractivity (Wildman–Crippen MR) is 75.7 cm³/mol. The van der Waals surface area contributed by atoms with Gasteiger partial charge in [0.1, 0.15) is 12.7 Å². The van der Waals surface area contributed by atoms with Crippen molar-refractivity contribution in [3.05, 3.63) is 66.2 Å². The van der Waals surface area contributed by atoms with E-state index in [9.17, 15) is 0 Å². The third-order valence-electron chi connectivity index (χ3n) is 2.81. The lowest BCUT2D eigenvalue weighted by molar-refractivity contribution is 1.06. The van der Waals surface area contributed by atoms with Gasteiger partial charge in [-0.3, -0.25) is 0 Å². The highest BCUT2D eigenvalue weighted by atomic mass is 35.5. The minimum Gasteiger partial charge on any atom is -0.225 e. The molecule has 0 bridgehead atoms. The molecule has 0 aliphatic rings. The van der Waals surface area contributed by atoms with Gasteiger partial charge in [0.2, 0.25) is 0 Å². The van der Waals surface area contributed by atoms with Crippen molar-refractivity contribution in [3.63, 3.8) is 0 Å². The van der Waals surface area contributed by atoms with Crippen LogP contribution < -0.4 is 0 Å². The molecule has 3 nitrogen and oxygen atoms in total. The summed E-state index contributed by atoms with van der Waals surface area (Å²) in [6, 6.07) is 16.0. The van der Waals surface area contributed by atoms with Gasteiger partial charge < -0.3 is 0 Å². The second-order valence-corrected chi connectivity index (χ2v) is 4.43. The highest BCUT2D eigenvalue weighted by molar-refractivity contribution is 6.33. The maximum absolute atomic E-state index is 6.31. The summed E-state index contributed by atoms with van der Waals surface area (Å²) < 4.78 is 0. The summed E-state index contributed by atoms with van der Waals surface area (Å²) in [4.78, 5) is 12.0. The topological polar surface area (TPSA) is 38.7 Å². The van der Waals surface area contributed by atoms with E-state index in [0.29, 0.717) is 10.8 Å². The Morgan fingerprint density at radius 1 is 0.789 bits per heavy atom. The van der Waals surface area contributed by atoms with Crippen molar-refractivity contribution < 1.29 is 0 Å². The number of hydrogen-bond acceptors (Lipinski definition) is 3. The number of rotatable bonds is 2. The molecule has 0 amide bonds. The summed E-state index contributed by atoms with van der Waals surface area (Å²) in [5.74, 6) is 0.583. The van der Waals surface area contributed by atoms with Gasteiger partial charge in [-0.25, -0.2) is 15.0 Å². The first-order valence-electron chi connectivity index (χ1n) is 5.82. The lowest BCUT2D eigenvalue weighted by Crippen LogP contribution is -1.90. The zero-order valence-electron chi connectivity index (χ0n) is 9.99. The van der Waals surface area contributed by atoms with E-state index in [1.165, 1.54) is 12.7 Å². The van der Waals surface area contributed by atoms with Crippen LogP contribution in [-0.4, -0.2) is 15.0 Å². The maximum Gasteiger partial charge on any atom is 0.164 e. The summed E-state index contributed by atoms with van der Waals surface area (Å²) in [5.41, 5.74) is 3.01. The maximum atomic E-state index is 6.31. The average molecular weight is 268 g/mol. The first kappa shape index (κ1) is 11.8. The van der Waals surface area contributed by atoms with E-state index in [0.717, 1.165) is 16.7 Å². The molecule has 0 fully saturated rings. The highest BCUT2D eigenvalue weighted by Crippen LogP contribution is 2.30. The molecule has 19 heavy (non-hydrogen) atoms. The minimum atomic E-state index is 0.583. The summed E-state index contributed by atoms with van der Waals surface area (Å²) in [6.45, 7) is 0.